The Bertz CT molecular complexity index is 524. The Kier molecular flexibility index (Phi) is 5.84. The minimum Gasteiger partial charge on any atom is -0.481 e. The molecule has 0 fully saturated rings. The van der Waals surface area contributed by atoms with E-state index < -0.39 is 40.2 Å². The van der Waals surface area contributed by atoms with Crippen LogP contribution in [0.1, 0.15) is 16.8 Å². The molecule has 5 nitrogen and oxygen atoms in total. The predicted octanol–water partition coefficient (Wildman–Crippen LogP) is 1.84. The van der Waals surface area contributed by atoms with Crippen molar-refractivity contribution in [1.82, 2.24) is 5.32 Å². The summed E-state index contributed by atoms with van der Waals surface area (Å²) in [7, 11) is 1.28. The average Bonchev–Trinajstić information content (AvgIpc) is 2.37. The van der Waals surface area contributed by atoms with Gasteiger partial charge in [-0.15, -0.1) is 0 Å². The third-order valence-corrected chi connectivity index (χ3v) is 2.77. The van der Waals surface area contributed by atoms with Gasteiger partial charge in [-0.2, -0.15) is 0 Å². The number of benzene rings is 1. The van der Waals surface area contributed by atoms with E-state index in [1.165, 1.54) is 7.11 Å². The molecule has 0 spiro atoms. The molecule has 8 heteroatoms. The van der Waals surface area contributed by atoms with Gasteiger partial charge in [0, 0.05) is 13.7 Å². The van der Waals surface area contributed by atoms with Crippen molar-refractivity contribution in [2.45, 2.75) is 12.5 Å². The zero-order chi connectivity index (χ0) is 15.3. The first-order chi connectivity index (χ1) is 9.35. The molecule has 0 aliphatic carbocycles. The smallest absolute Gasteiger partial charge is 0.306 e. The SMILES string of the molecule is COC(CNC(=O)c1cc(F)c(Cl)cc1F)CC(=O)O. The van der Waals surface area contributed by atoms with Gasteiger partial charge in [0.2, 0.25) is 0 Å². The summed E-state index contributed by atoms with van der Waals surface area (Å²) in [5.74, 6) is -3.88. The summed E-state index contributed by atoms with van der Waals surface area (Å²) in [5.41, 5.74) is -0.517. The first kappa shape index (κ1) is 16.3. The van der Waals surface area contributed by atoms with Crippen molar-refractivity contribution in [3.63, 3.8) is 0 Å². The zero-order valence-electron chi connectivity index (χ0n) is 10.5. The highest BCUT2D eigenvalue weighted by molar-refractivity contribution is 6.30. The molecule has 2 N–H and O–H groups in total. The van der Waals surface area contributed by atoms with Crippen LogP contribution in [0.2, 0.25) is 5.02 Å². The van der Waals surface area contributed by atoms with Crippen LogP contribution in [0.5, 0.6) is 0 Å². The van der Waals surface area contributed by atoms with Crippen LogP contribution in [0.3, 0.4) is 0 Å². The standard InChI is InChI=1S/C12H12ClF2NO4/c1-20-6(2-11(17)18)5-16-12(19)7-3-10(15)8(13)4-9(7)14/h3-4,6H,2,5H2,1H3,(H,16,19)(H,17,18). The second-order valence-corrected chi connectivity index (χ2v) is 4.32. The van der Waals surface area contributed by atoms with Crippen molar-refractivity contribution < 1.29 is 28.2 Å². The molecule has 0 heterocycles. The number of carboxylic acids is 1. The van der Waals surface area contributed by atoms with E-state index >= 15 is 0 Å². The van der Waals surface area contributed by atoms with Crippen molar-refractivity contribution in [3.05, 3.63) is 34.4 Å². The van der Waals surface area contributed by atoms with Gasteiger partial charge in [-0.3, -0.25) is 9.59 Å². The Labute approximate surface area is 118 Å². The van der Waals surface area contributed by atoms with Gasteiger partial charge in [-0.1, -0.05) is 11.6 Å². The second kappa shape index (κ2) is 7.16. The van der Waals surface area contributed by atoms with Crippen molar-refractivity contribution in [2.24, 2.45) is 0 Å². The predicted molar refractivity (Wildman–Crippen MR) is 66.8 cm³/mol. The normalized spacial score (nSPS) is 12.0. The van der Waals surface area contributed by atoms with Gasteiger partial charge in [-0.05, 0) is 12.1 Å². The van der Waals surface area contributed by atoms with Crippen LogP contribution in [-0.2, 0) is 9.53 Å². The number of nitrogens with one attached hydrogen (secondary N) is 1. The molecule has 0 saturated carbocycles. The van der Waals surface area contributed by atoms with Gasteiger partial charge in [0.05, 0.1) is 23.1 Å². The largest absolute Gasteiger partial charge is 0.481 e. The molecule has 0 aromatic heterocycles. The fraction of sp³-hybridized carbons (Fsp3) is 0.333. The minimum absolute atomic E-state index is 0.148. The van der Waals surface area contributed by atoms with Crippen LogP contribution in [0.15, 0.2) is 12.1 Å². The lowest BCUT2D eigenvalue weighted by atomic mass is 10.2. The van der Waals surface area contributed by atoms with Crippen LogP contribution in [0.25, 0.3) is 0 Å². The van der Waals surface area contributed by atoms with Gasteiger partial charge in [0.1, 0.15) is 11.6 Å². The van der Waals surface area contributed by atoms with Gasteiger partial charge in [0.25, 0.3) is 5.91 Å². The number of carboxylic acid groups (broad SMARTS) is 1. The van der Waals surface area contributed by atoms with Crippen molar-refractivity contribution in [1.29, 1.82) is 0 Å². The fourth-order valence-corrected chi connectivity index (χ4v) is 1.58. The summed E-state index contributed by atoms with van der Waals surface area (Å²) < 4.78 is 31.5. The first-order valence-corrected chi connectivity index (χ1v) is 5.90. The molecular formula is C12H12ClF2NO4. The van der Waals surface area contributed by atoms with Crippen molar-refractivity contribution >= 4 is 23.5 Å². The van der Waals surface area contributed by atoms with Crippen LogP contribution >= 0.6 is 11.6 Å². The lowest BCUT2D eigenvalue weighted by molar-refractivity contribution is -0.139. The maximum Gasteiger partial charge on any atom is 0.306 e. The summed E-state index contributed by atoms with van der Waals surface area (Å²) >= 11 is 5.37. The molecule has 1 aromatic rings. The number of aliphatic carboxylic acids is 1. The first-order valence-electron chi connectivity index (χ1n) is 5.52. The van der Waals surface area contributed by atoms with Crippen molar-refractivity contribution in [3.8, 4) is 0 Å². The van der Waals surface area contributed by atoms with Gasteiger partial charge in [-0.25, -0.2) is 8.78 Å². The topological polar surface area (TPSA) is 75.6 Å². The van der Waals surface area contributed by atoms with E-state index in [4.69, 9.17) is 21.4 Å². The molecule has 0 aliphatic heterocycles. The Morgan fingerprint density at radius 2 is 2.05 bits per heavy atom. The summed E-state index contributed by atoms with van der Waals surface area (Å²) in [4.78, 5) is 22.2. The fourth-order valence-electron chi connectivity index (χ4n) is 1.43. The van der Waals surface area contributed by atoms with Gasteiger partial charge in [0.15, 0.2) is 0 Å². The Hall–Kier alpha value is -1.73. The number of carbonyl (C=O) groups is 2. The van der Waals surface area contributed by atoms with E-state index in [-0.39, 0.29) is 13.0 Å². The second-order valence-electron chi connectivity index (χ2n) is 3.91. The number of halogens is 3. The van der Waals surface area contributed by atoms with E-state index in [2.05, 4.69) is 5.32 Å². The molecule has 0 bridgehead atoms. The zero-order valence-corrected chi connectivity index (χ0v) is 11.2. The highest BCUT2D eigenvalue weighted by Gasteiger charge is 2.18. The quantitative estimate of drug-likeness (QED) is 0.786. The highest BCUT2D eigenvalue weighted by Crippen LogP contribution is 2.19. The third kappa shape index (κ3) is 4.43. The average molecular weight is 308 g/mol. The maximum absolute atomic E-state index is 13.5. The molecule has 0 aliphatic rings. The van der Waals surface area contributed by atoms with Crippen LogP contribution < -0.4 is 5.32 Å². The molecule has 1 atom stereocenters. The molecule has 0 radical (unpaired) electrons. The molecule has 1 aromatic carbocycles. The number of hydrogen-bond donors (Lipinski definition) is 2. The molecule has 110 valence electrons. The van der Waals surface area contributed by atoms with E-state index in [0.29, 0.717) is 12.1 Å². The molecular weight excluding hydrogens is 296 g/mol. The highest BCUT2D eigenvalue weighted by atomic mass is 35.5. The number of methoxy groups -OCH3 is 1. The molecule has 20 heavy (non-hydrogen) atoms. The molecule has 1 amide bonds. The van der Waals surface area contributed by atoms with Crippen LogP contribution in [-0.4, -0.2) is 36.7 Å². The number of ether oxygens (including phenoxy) is 1. The van der Waals surface area contributed by atoms with Gasteiger partial charge >= 0.3 is 5.97 Å². The molecule has 0 saturated heterocycles. The van der Waals surface area contributed by atoms with E-state index in [1.807, 2.05) is 0 Å². The maximum atomic E-state index is 13.5. The lowest BCUT2D eigenvalue weighted by Gasteiger charge is -2.14. The molecule has 1 rings (SSSR count). The number of hydrogen-bond acceptors (Lipinski definition) is 3. The third-order valence-electron chi connectivity index (χ3n) is 2.48. The summed E-state index contributed by atoms with van der Waals surface area (Å²) in [6.45, 7) is -0.148. The minimum atomic E-state index is -1.10. The summed E-state index contributed by atoms with van der Waals surface area (Å²) in [6, 6.07) is 1.36. The number of rotatable bonds is 6. The monoisotopic (exact) mass is 307 g/mol. The van der Waals surface area contributed by atoms with E-state index in [9.17, 15) is 18.4 Å². The van der Waals surface area contributed by atoms with Gasteiger partial charge < -0.3 is 15.2 Å². The van der Waals surface area contributed by atoms with Crippen molar-refractivity contribution in [2.75, 3.05) is 13.7 Å². The number of amides is 1. The molecule has 1 unspecified atom stereocenters. The summed E-state index contributed by atoms with van der Waals surface area (Å²) in [6.07, 6.45) is -1.09. The van der Waals surface area contributed by atoms with E-state index in [1.54, 1.807) is 0 Å². The number of carbonyl (C=O) groups excluding carboxylic acids is 1. The Balaban J connectivity index is 2.72. The lowest BCUT2D eigenvalue weighted by Crippen LogP contribution is -2.34. The van der Waals surface area contributed by atoms with Crippen LogP contribution in [0, 0.1) is 11.6 Å². The Morgan fingerprint density at radius 3 is 2.60 bits per heavy atom. The summed E-state index contributed by atoms with van der Waals surface area (Å²) in [5, 5.41) is 10.4. The van der Waals surface area contributed by atoms with E-state index in [0.717, 1.165) is 0 Å². The Morgan fingerprint density at radius 1 is 1.40 bits per heavy atom. The van der Waals surface area contributed by atoms with Crippen LogP contribution in [0.4, 0.5) is 8.78 Å².